The maximum Gasteiger partial charge on any atom is 0.216 e. The van der Waals surface area contributed by atoms with Crippen LogP contribution in [0.4, 0.5) is 0 Å². The predicted molar refractivity (Wildman–Crippen MR) is 111 cm³/mol. The van der Waals surface area contributed by atoms with E-state index in [1.165, 1.54) is 5.56 Å². The van der Waals surface area contributed by atoms with Crippen LogP contribution < -0.4 is 0 Å². The summed E-state index contributed by atoms with van der Waals surface area (Å²) in [4.78, 5) is 0. The van der Waals surface area contributed by atoms with Gasteiger partial charge in [0.1, 0.15) is 0 Å². The van der Waals surface area contributed by atoms with Crippen LogP contribution in [-0.2, 0) is 5.41 Å². The van der Waals surface area contributed by atoms with E-state index in [-0.39, 0.29) is 5.41 Å². The molecule has 2 aromatic carbocycles. The second-order valence-electron chi connectivity index (χ2n) is 6.88. The largest absolute Gasteiger partial charge is 0.250 e. The van der Waals surface area contributed by atoms with Crippen LogP contribution >= 0.6 is 35.4 Å². The Morgan fingerprint density at radius 2 is 1.81 bits per heavy atom. The Kier molecular flexibility index (Phi) is 5.32. The third kappa shape index (κ3) is 3.90. The summed E-state index contributed by atoms with van der Waals surface area (Å²) in [5.41, 5.74) is 2.96. The van der Waals surface area contributed by atoms with Crippen molar-refractivity contribution in [3.63, 3.8) is 0 Å². The van der Waals surface area contributed by atoms with E-state index in [0.717, 1.165) is 5.56 Å². The zero-order valence-electron chi connectivity index (χ0n) is 14.6. The first-order valence-corrected chi connectivity index (χ1v) is 9.20. The molecule has 3 rings (SSSR count). The van der Waals surface area contributed by atoms with Gasteiger partial charge in [-0.1, -0.05) is 80.4 Å². The van der Waals surface area contributed by atoms with Crippen LogP contribution in [0.2, 0.25) is 10.0 Å². The first-order chi connectivity index (χ1) is 12.3. The highest BCUT2D eigenvalue weighted by molar-refractivity contribution is 7.71. The van der Waals surface area contributed by atoms with E-state index in [9.17, 15) is 0 Å². The first-order valence-electron chi connectivity index (χ1n) is 8.04. The smallest absolute Gasteiger partial charge is 0.216 e. The third-order valence-electron chi connectivity index (χ3n) is 3.95. The number of benzene rings is 2. The standard InChI is InChI=1S/C19H18Cl2N4S/c1-19(2,3)14-9-7-12(8-10-14)17-23-24-18(26)25(17)22-11-13-5-4-6-15(20)16(13)21/h4-11H,1-3H3,(H,24,26)/b22-11-. The molecule has 1 aromatic heterocycles. The molecule has 134 valence electrons. The normalized spacial score (nSPS) is 12.0. The molecule has 4 nitrogen and oxygen atoms in total. The van der Waals surface area contributed by atoms with Crippen LogP contribution in [0.5, 0.6) is 0 Å². The molecule has 0 saturated heterocycles. The zero-order valence-corrected chi connectivity index (χ0v) is 17.0. The van der Waals surface area contributed by atoms with E-state index in [1.54, 1.807) is 17.0 Å². The molecule has 0 bridgehead atoms. The minimum Gasteiger partial charge on any atom is -0.250 e. The molecule has 0 aliphatic carbocycles. The number of aromatic amines is 1. The maximum absolute atomic E-state index is 6.21. The molecule has 0 atom stereocenters. The molecule has 0 spiro atoms. The molecule has 26 heavy (non-hydrogen) atoms. The summed E-state index contributed by atoms with van der Waals surface area (Å²) in [5, 5.41) is 12.4. The van der Waals surface area contributed by atoms with Crippen LogP contribution in [-0.4, -0.2) is 21.1 Å². The van der Waals surface area contributed by atoms with Crippen molar-refractivity contribution < 1.29 is 0 Å². The number of hydrogen-bond acceptors (Lipinski definition) is 3. The summed E-state index contributed by atoms with van der Waals surface area (Å²) in [6.45, 7) is 6.53. The van der Waals surface area contributed by atoms with E-state index in [2.05, 4.69) is 48.2 Å². The van der Waals surface area contributed by atoms with E-state index in [1.807, 2.05) is 24.3 Å². The summed E-state index contributed by atoms with van der Waals surface area (Å²) >= 11 is 17.6. The molecular formula is C19H18Cl2N4S. The fourth-order valence-electron chi connectivity index (χ4n) is 2.45. The van der Waals surface area contributed by atoms with Gasteiger partial charge in [0.2, 0.25) is 4.77 Å². The van der Waals surface area contributed by atoms with E-state index in [0.29, 0.717) is 26.2 Å². The first kappa shape index (κ1) is 18.8. The van der Waals surface area contributed by atoms with Crippen molar-refractivity contribution in [2.45, 2.75) is 26.2 Å². The number of halogens is 2. The Morgan fingerprint density at radius 1 is 1.12 bits per heavy atom. The highest BCUT2D eigenvalue weighted by atomic mass is 35.5. The molecule has 0 radical (unpaired) electrons. The molecule has 0 aliphatic rings. The van der Waals surface area contributed by atoms with Gasteiger partial charge in [0.15, 0.2) is 5.82 Å². The van der Waals surface area contributed by atoms with Gasteiger partial charge in [0, 0.05) is 11.1 Å². The van der Waals surface area contributed by atoms with Crippen molar-refractivity contribution in [2.75, 3.05) is 0 Å². The second kappa shape index (κ2) is 7.35. The lowest BCUT2D eigenvalue weighted by Crippen LogP contribution is -2.10. The minimum atomic E-state index is 0.0880. The molecule has 1 N–H and O–H groups in total. The Balaban J connectivity index is 1.98. The topological polar surface area (TPSA) is 46.0 Å². The Hall–Kier alpha value is -1.95. The van der Waals surface area contributed by atoms with Crippen molar-refractivity contribution in [1.29, 1.82) is 0 Å². The molecule has 0 aliphatic heterocycles. The summed E-state index contributed by atoms with van der Waals surface area (Å²) in [6.07, 6.45) is 1.62. The third-order valence-corrected chi connectivity index (χ3v) is 5.05. The number of H-pyrrole nitrogens is 1. The van der Waals surface area contributed by atoms with Crippen molar-refractivity contribution in [2.24, 2.45) is 5.10 Å². The van der Waals surface area contributed by atoms with Gasteiger partial charge >= 0.3 is 0 Å². The molecule has 0 fully saturated rings. The van der Waals surface area contributed by atoms with Gasteiger partial charge in [-0.15, -0.1) is 0 Å². The van der Waals surface area contributed by atoms with Gasteiger partial charge in [-0.3, -0.25) is 0 Å². The number of aromatic nitrogens is 3. The molecule has 3 aromatic rings. The monoisotopic (exact) mass is 404 g/mol. The van der Waals surface area contributed by atoms with Gasteiger partial charge in [-0.05, 0) is 29.3 Å². The minimum absolute atomic E-state index is 0.0880. The molecule has 7 heteroatoms. The Bertz CT molecular complexity index is 1010. The van der Waals surface area contributed by atoms with Crippen LogP contribution in [0.1, 0.15) is 31.9 Å². The van der Waals surface area contributed by atoms with E-state index < -0.39 is 0 Å². The van der Waals surface area contributed by atoms with Crippen LogP contribution in [0.25, 0.3) is 11.4 Å². The molecular weight excluding hydrogens is 387 g/mol. The summed E-state index contributed by atoms with van der Waals surface area (Å²) in [7, 11) is 0. The number of hydrogen-bond donors (Lipinski definition) is 1. The lowest BCUT2D eigenvalue weighted by molar-refractivity contribution is 0.590. The Labute approximate surface area is 167 Å². The van der Waals surface area contributed by atoms with Gasteiger partial charge in [-0.2, -0.15) is 14.9 Å². The van der Waals surface area contributed by atoms with Crippen molar-refractivity contribution in [1.82, 2.24) is 14.9 Å². The highest BCUT2D eigenvalue weighted by Crippen LogP contribution is 2.26. The van der Waals surface area contributed by atoms with E-state index >= 15 is 0 Å². The van der Waals surface area contributed by atoms with Gasteiger partial charge in [-0.25, -0.2) is 5.10 Å². The highest BCUT2D eigenvalue weighted by Gasteiger charge is 2.14. The molecule has 0 unspecified atom stereocenters. The average molecular weight is 405 g/mol. The van der Waals surface area contributed by atoms with Crippen molar-refractivity contribution in [3.05, 3.63) is 68.4 Å². The number of nitrogens with zero attached hydrogens (tertiary/aromatic N) is 3. The number of rotatable bonds is 3. The number of nitrogens with one attached hydrogen (secondary N) is 1. The summed E-state index contributed by atoms with van der Waals surface area (Å²) < 4.78 is 1.97. The van der Waals surface area contributed by atoms with Crippen LogP contribution in [0.15, 0.2) is 47.6 Å². The van der Waals surface area contributed by atoms with E-state index in [4.69, 9.17) is 35.4 Å². The molecule has 0 amide bonds. The lowest BCUT2D eigenvalue weighted by Gasteiger charge is -2.18. The van der Waals surface area contributed by atoms with Crippen molar-refractivity contribution in [3.8, 4) is 11.4 Å². The second-order valence-corrected chi connectivity index (χ2v) is 8.05. The zero-order chi connectivity index (χ0) is 18.9. The summed E-state index contributed by atoms with van der Waals surface area (Å²) in [6, 6.07) is 13.6. The average Bonchev–Trinajstić information content (AvgIpc) is 2.96. The summed E-state index contributed by atoms with van der Waals surface area (Å²) in [5.74, 6) is 0.629. The van der Waals surface area contributed by atoms with Gasteiger partial charge in [0.25, 0.3) is 0 Å². The Morgan fingerprint density at radius 3 is 2.46 bits per heavy atom. The fourth-order valence-corrected chi connectivity index (χ4v) is 2.98. The van der Waals surface area contributed by atoms with Crippen molar-refractivity contribution >= 4 is 41.6 Å². The van der Waals surface area contributed by atoms with Crippen LogP contribution in [0, 0.1) is 4.77 Å². The maximum atomic E-state index is 6.21. The lowest BCUT2D eigenvalue weighted by atomic mass is 9.87. The fraction of sp³-hybridized carbons (Fsp3) is 0.211. The van der Waals surface area contributed by atoms with Gasteiger partial charge in [0.05, 0.1) is 16.3 Å². The quantitative estimate of drug-likeness (QED) is 0.423. The van der Waals surface area contributed by atoms with Crippen LogP contribution in [0.3, 0.4) is 0 Å². The van der Waals surface area contributed by atoms with Gasteiger partial charge < -0.3 is 0 Å². The molecule has 0 saturated carbocycles. The molecule has 1 heterocycles. The predicted octanol–water partition coefficient (Wildman–Crippen LogP) is 6.09. The SMILES string of the molecule is CC(C)(C)c1ccc(-c2n[nH]c(=S)n2/N=C\c2cccc(Cl)c2Cl)cc1.